The highest BCUT2D eigenvalue weighted by molar-refractivity contribution is 6.30. The van der Waals surface area contributed by atoms with E-state index in [4.69, 9.17) is 16.3 Å². The number of halogens is 1. The Morgan fingerprint density at radius 1 is 1.48 bits per heavy atom. The number of hydrogen-bond donors (Lipinski definition) is 1. The molecular weight excluding hydrogens is 288 g/mol. The van der Waals surface area contributed by atoms with Gasteiger partial charge >= 0.3 is 0 Å². The van der Waals surface area contributed by atoms with Gasteiger partial charge in [-0.25, -0.2) is 0 Å². The number of amides is 1. The molecule has 1 heterocycles. The standard InChI is InChI=1S/C16H23ClN2O2/c1-16(11-21-12-16)10-19(2)9-15(20)18-7-6-13-4-3-5-14(17)8-13/h3-5,8H,6-7,9-12H2,1-2H3,(H,18,20). The van der Waals surface area contributed by atoms with Gasteiger partial charge in [-0.05, 0) is 31.2 Å². The summed E-state index contributed by atoms with van der Waals surface area (Å²) in [6.45, 7) is 5.69. The third kappa shape index (κ3) is 5.30. The normalized spacial score (nSPS) is 16.6. The molecule has 1 fully saturated rings. The van der Waals surface area contributed by atoms with Crippen molar-refractivity contribution in [2.24, 2.45) is 5.41 Å². The van der Waals surface area contributed by atoms with E-state index in [2.05, 4.69) is 17.1 Å². The molecule has 0 bridgehead atoms. The van der Waals surface area contributed by atoms with Gasteiger partial charge in [0.1, 0.15) is 0 Å². The van der Waals surface area contributed by atoms with Crippen LogP contribution in [0.3, 0.4) is 0 Å². The number of nitrogens with one attached hydrogen (secondary N) is 1. The predicted molar refractivity (Wildman–Crippen MR) is 84.6 cm³/mol. The van der Waals surface area contributed by atoms with Crippen molar-refractivity contribution < 1.29 is 9.53 Å². The van der Waals surface area contributed by atoms with E-state index in [1.165, 1.54) is 0 Å². The molecule has 1 aliphatic heterocycles. The molecule has 0 spiro atoms. The molecule has 1 amide bonds. The maximum atomic E-state index is 11.9. The van der Waals surface area contributed by atoms with Gasteiger partial charge in [-0.1, -0.05) is 30.7 Å². The van der Waals surface area contributed by atoms with Crippen LogP contribution in [-0.2, 0) is 16.0 Å². The van der Waals surface area contributed by atoms with Gasteiger partial charge < -0.3 is 10.1 Å². The summed E-state index contributed by atoms with van der Waals surface area (Å²) in [6, 6.07) is 7.72. The summed E-state index contributed by atoms with van der Waals surface area (Å²) in [4.78, 5) is 13.9. The van der Waals surface area contributed by atoms with Gasteiger partial charge in [-0.2, -0.15) is 0 Å². The molecule has 0 saturated carbocycles. The van der Waals surface area contributed by atoms with Crippen LogP contribution in [0.15, 0.2) is 24.3 Å². The summed E-state index contributed by atoms with van der Waals surface area (Å²) in [6.07, 6.45) is 0.793. The summed E-state index contributed by atoms with van der Waals surface area (Å²) < 4.78 is 5.23. The largest absolute Gasteiger partial charge is 0.380 e. The van der Waals surface area contributed by atoms with Gasteiger partial charge in [-0.3, -0.25) is 9.69 Å². The van der Waals surface area contributed by atoms with Crippen molar-refractivity contribution in [1.29, 1.82) is 0 Å². The molecule has 0 aromatic heterocycles. The molecule has 2 rings (SSSR count). The molecule has 1 aliphatic rings. The minimum Gasteiger partial charge on any atom is -0.380 e. The van der Waals surface area contributed by atoms with Gasteiger partial charge in [0.05, 0.1) is 19.8 Å². The molecule has 0 atom stereocenters. The molecule has 4 nitrogen and oxygen atoms in total. The van der Waals surface area contributed by atoms with Crippen LogP contribution in [0.4, 0.5) is 0 Å². The topological polar surface area (TPSA) is 41.6 Å². The summed E-state index contributed by atoms with van der Waals surface area (Å²) in [5.74, 6) is 0.0587. The van der Waals surface area contributed by atoms with E-state index in [1.54, 1.807) is 0 Å². The first-order valence-electron chi connectivity index (χ1n) is 7.24. The Labute approximate surface area is 131 Å². The van der Waals surface area contributed by atoms with Crippen LogP contribution in [0.25, 0.3) is 0 Å². The maximum Gasteiger partial charge on any atom is 0.234 e. The Morgan fingerprint density at radius 3 is 2.86 bits per heavy atom. The van der Waals surface area contributed by atoms with Gasteiger partial charge in [-0.15, -0.1) is 0 Å². The zero-order chi connectivity index (χ0) is 15.3. The van der Waals surface area contributed by atoms with E-state index in [1.807, 2.05) is 31.3 Å². The van der Waals surface area contributed by atoms with Crippen LogP contribution in [0.1, 0.15) is 12.5 Å². The van der Waals surface area contributed by atoms with Gasteiger partial charge in [0.15, 0.2) is 0 Å². The van der Waals surface area contributed by atoms with Crippen molar-refractivity contribution in [2.75, 3.05) is 39.9 Å². The SMILES string of the molecule is CN(CC(=O)NCCc1cccc(Cl)c1)CC1(C)COC1. The highest BCUT2D eigenvalue weighted by Gasteiger charge is 2.34. The van der Waals surface area contributed by atoms with Crippen LogP contribution >= 0.6 is 11.6 Å². The minimum absolute atomic E-state index is 0.0587. The van der Waals surface area contributed by atoms with Crippen LogP contribution < -0.4 is 5.32 Å². The van der Waals surface area contributed by atoms with Crippen LogP contribution in [-0.4, -0.2) is 50.7 Å². The molecule has 1 aromatic carbocycles. The fourth-order valence-corrected chi connectivity index (χ4v) is 2.80. The molecule has 0 aliphatic carbocycles. The number of benzene rings is 1. The number of nitrogens with zero attached hydrogens (tertiary/aromatic N) is 1. The van der Waals surface area contributed by atoms with E-state index >= 15 is 0 Å². The quantitative estimate of drug-likeness (QED) is 0.837. The Hall–Kier alpha value is -1.10. The highest BCUT2D eigenvalue weighted by atomic mass is 35.5. The molecular formula is C16H23ClN2O2. The van der Waals surface area contributed by atoms with Crippen molar-refractivity contribution >= 4 is 17.5 Å². The second-order valence-corrected chi connectivity index (χ2v) is 6.64. The first kappa shape index (κ1) is 16.3. The van der Waals surface area contributed by atoms with Crippen molar-refractivity contribution in [1.82, 2.24) is 10.2 Å². The van der Waals surface area contributed by atoms with Gasteiger partial charge in [0.25, 0.3) is 0 Å². The highest BCUT2D eigenvalue weighted by Crippen LogP contribution is 2.26. The zero-order valence-electron chi connectivity index (χ0n) is 12.7. The number of rotatable bonds is 7. The van der Waals surface area contributed by atoms with Crippen LogP contribution in [0, 0.1) is 5.41 Å². The Kier molecular flexibility index (Phi) is 5.62. The van der Waals surface area contributed by atoms with Crippen molar-refractivity contribution in [3.8, 4) is 0 Å². The Morgan fingerprint density at radius 2 is 2.24 bits per heavy atom. The maximum absolute atomic E-state index is 11.9. The van der Waals surface area contributed by atoms with E-state index in [0.29, 0.717) is 13.1 Å². The Balaban J connectivity index is 1.65. The molecule has 0 unspecified atom stereocenters. The second kappa shape index (κ2) is 7.25. The van der Waals surface area contributed by atoms with Crippen LogP contribution in [0.5, 0.6) is 0 Å². The lowest BCUT2D eigenvalue weighted by molar-refractivity contribution is -0.127. The van der Waals surface area contributed by atoms with Crippen molar-refractivity contribution in [3.05, 3.63) is 34.9 Å². The minimum atomic E-state index is 0.0587. The fraction of sp³-hybridized carbons (Fsp3) is 0.562. The van der Waals surface area contributed by atoms with E-state index < -0.39 is 0 Å². The van der Waals surface area contributed by atoms with E-state index in [-0.39, 0.29) is 11.3 Å². The second-order valence-electron chi connectivity index (χ2n) is 6.21. The summed E-state index contributed by atoms with van der Waals surface area (Å²) in [7, 11) is 1.97. The molecule has 5 heteroatoms. The number of carbonyl (C=O) groups excluding carboxylic acids is 1. The number of likely N-dealkylation sites (N-methyl/N-ethyl adjacent to an activating group) is 1. The number of hydrogen-bond acceptors (Lipinski definition) is 3. The van der Waals surface area contributed by atoms with Gasteiger partial charge in [0.2, 0.25) is 5.91 Å². The molecule has 0 radical (unpaired) electrons. The number of carbonyl (C=O) groups is 1. The average Bonchev–Trinajstić information content (AvgIpc) is 2.36. The predicted octanol–water partition coefficient (Wildman–Crippen LogP) is 1.97. The van der Waals surface area contributed by atoms with E-state index in [0.717, 1.165) is 36.8 Å². The monoisotopic (exact) mass is 310 g/mol. The lowest BCUT2D eigenvalue weighted by Crippen LogP contribution is -2.49. The fourth-order valence-electron chi connectivity index (χ4n) is 2.59. The Bertz CT molecular complexity index is 489. The molecule has 1 N–H and O–H groups in total. The third-order valence-corrected chi connectivity index (χ3v) is 3.83. The van der Waals surface area contributed by atoms with Crippen LogP contribution in [0.2, 0.25) is 5.02 Å². The lowest BCUT2D eigenvalue weighted by atomic mass is 9.88. The molecule has 116 valence electrons. The summed E-state index contributed by atoms with van der Waals surface area (Å²) in [5, 5.41) is 3.68. The number of ether oxygens (including phenoxy) is 1. The van der Waals surface area contributed by atoms with E-state index in [9.17, 15) is 4.79 Å². The van der Waals surface area contributed by atoms with Crippen molar-refractivity contribution in [3.63, 3.8) is 0 Å². The zero-order valence-corrected chi connectivity index (χ0v) is 13.4. The van der Waals surface area contributed by atoms with Crippen molar-refractivity contribution in [2.45, 2.75) is 13.3 Å². The third-order valence-electron chi connectivity index (χ3n) is 3.59. The molecule has 1 aromatic rings. The average molecular weight is 311 g/mol. The van der Waals surface area contributed by atoms with Gasteiger partial charge in [0, 0.05) is 23.5 Å². The molecule has 21 heavy (non-hydrogen) atoms. The first-order chi connectivity index (χ1) is 9.97. The first-order valence-corrected chi connectivity index (χ1v) is 7.62. The molecule has 1 saturated heterocycles. The summed E-state index contributed by atoms with van der Waals surface area (Å²) >= 11 is 5.93. The summed E-state index contributed by atoms with van der Waals surface area (Å²) in [5.41, 5.74) is 1.34. The smallest absolute Gasteiger partial charge is 0.234 e. The lowest BCUT2D eigenvalue weighted by Gasteiger charge is -2.40.